The van der Waals surface area contributed by atoms with E-state index in [9.17, 15) is 4.79 Å². The first kappa shape index (κ1) is 20.1. The molecule has 0 aromatic heterocycles. The first-order chi connectivity index (χ1) is 12.1. The van der Waals surface area contributed by atoms with E-state index in [0.29, 0.717) is 12.3 Å². The van der Waals surface area contributed by atoms with Crippen molar-refractivity contribution in [3.8, 4) is 5.75 Å². The van der Waals surface area contributed by atoms with Gasteiger partial charge in [0, 0.05) is 32.3 Å². The first-order valence-corrected chi connectivity index (χ1v) is 10.6. The van der Waals surface area contributed by atoms with Crippen molar-refractivity contribution in [3.63, 3.8) is 0 Å². The molecule has 25 heavy (non-hydrogen) atoms. The van der Waals surface area contributed by atoms with E-state index in [1.807, 2.05) is 24.1 Å². The van der Waals surface area contributed by atoms with Gasteiger partial charge in [0.2, 0.25) is 5.91 Å². The van der Waals surface area contributed by atoms with E-state index in [-0.39, 0.29) is 5.91 Å². The van der Waals surface area contributed by atoms with Gasteiger partial charge in [-0.05, 0) is 62.2 Å². The van der Waals surface area contributed by atoms with Gasteiger partial charge in [0.1, 0.15) is 5.75 Å². The molecule has 1 aromatic carbocycles. The molecule has 0 saturated carbocycles. The Kier molecular flexibility index (Phi) is 8.62. The number of piperidine rings is 1. The summed E-state index contributed by atoms with van der Waals surface area (Å²) in [6.07, 6.45) is 6.20. The Morgan fingerprint density at radius 1 is 1.28 bits per heavy atom. The van der Waals surface area contributed by atoms with Crippen LogP contribution < -0.4 is 4.74 Å². The standard InChI is InChI=1S/C20H32N2O2S/c1-21(20(23)11-15-25-3)16-18-9-13-22(14-10-18)12-8-17-4-6-19(24-2)7-5-17/h4-7,18H,8-16H2,1-3H3. The van der Waals surface area contributed by atoms with Crippen molar-refractivity contribution in [1.82, 2.24) is 9.80 Å². The van der Waals surface area contributed by atoms with E-state index in [0.717, 1.165) is 44.1 Å². The van der Waals surface area contributed by atoms with Crippen molar-refractivity contribution in [2.45, 2.75) is 25.7 Å². The summed E-state index contributed by atoms with van der Waals surface area (Å²) in [6, 6.07) is 8.37. The van der Waals surface area contributed by atoms with Crippen molar-refractivity contribution in [2.75, 3.05) is 52.3 Å². The van der Waals surface area contributed by atoms with Crippen LogP contribution in [-0.4, -0.2) is 68.1 Å². The molecule has 1 heterocycles. The van der Waals surface area contributed by atoms with Crippen molar-refractivity contribution in [1.29, 1.82) is 0 Å². The van der Waals surface area contributed by atoms with Crippen LogP contribution in [0.25, 0.3) is 0 Å². The van der Waals surface area contributed by atoms with Gasteiger partial charge < -0.3 is 14.5 Å². The zero-order valence-corrected chi connectivity index (χ0v) is 16.7. The van der Waals surface area contributed by atoms with Crippen molar-refractivity contribution < 1.29 is 9.53 Å². The van der Waals surface area contributed by atoms with Crippen LogP contribution in [0.3, 0.4) is 0 Å². The van der Waals surface area contributed by atoms with E-state index >= 15 is 0 Å². The Labute approximate surface area is 156 Å². The number of carbonyl (C=O) groups is 1. The second kappa shape index (κ2) is 10.7. The highest BCUT2D eigenvalue weighted by Crippen LogP contribution is 2.19. The number of nitrogens with zero attached hydrogens (tertiary/aromatic N) is 2. The molecule has 0 N–H and O–H groups in total. The number of carbonyl (C=O) groups excluding carboxylic acids is 1. The summed E-state index contributed by atoms with van der Waals surface area (Å²) >= 11 is 1.74. The van der Waals surface area contributed by atoms with Crippen LogP contribution in [0, 0.1) is 5.92 Å². The van der Waals surface area contributed by atoms with Gasteiger partial charge >= 0.3 is 0 Å². The van der Waals surface area contributed by atoms with Gasteiger partial charge in [-0.3, -0.25) is 4.79 Å². The molecule has 0 spiro atoms. The number of hydrogen-bond donors (Lipinski definition) is 0. The third-order valence-corrected chi connectivity index (χ3v) is 5.67. The molecule has 1 fully saturated rings. The molecule has 0 aliphatic carbocycles. The van der Waals surface area contributed by atoms with E-state index in [2.05, 4.69) is 23.3 Å². The molecule has 1 saturated heterocycles. The molecule has 140 valence electrons. The molecule has 2 rings (SSSR count). The minimum Gasteiger partial charge on any atom is -0.497 e. The summed E-state index contributed by atoms with van der Waals surface area (Å²) in [5.74, 6) is 2.78. The minimum absolute atomic E-state index is 0.288. The van der Waals surface area contributed by atoms with Gasteiger partial charge in [0.25, 0.3) is 0 Å². The molecule has 4 nitrogen and oxygen atoms in total. The Hall–Kier alpha value is -1.20. The predicted octanol–water partition coefficient (Wildman–Crippen LogP) is 3.16. The Bertz CT molecular complexity index is 513. The first-order valence-electron chi connectivity index (χ1n) is 9.20. The number of methoxy groups -OCH3 is 1. The van der Waals surface area contributed by atoms with Gasteiger partial charge in [0.15, 0.2) is 0 Å². The summed E-state index contributed by atoms with van der Waals surface area (Å²) < 4.78 is 5.21. The van der Waals surface area contributed by atoms with Gasteiger partial charge in [-0.1, -0.05) is 12.1 Å². The maximum Gasteiger partial charge on any atom is 0.223 e. The van der Waals surface area contributed by atoms with E-state index in [1.54, 1.807) is 18.9 Å². The number of likely N-dealkylation sites (tertiary alicyclic amines) is 1. The lowest BCUT2D eigenvalue weighted by Gasteiger charge is -2.34. The lowest BCUT2D eigenvalue weighted by atomic mass is 9.96. The Morgan fingerprint density at radius 2 is 1.96 bits per heavy atom. The molecule has 1 amide bonds. The molecular formula is C20H32N2O2S. The van der Waals surface area contributed by atoms with Crippen LogP contribution in [0.1, 0.15) is 24.8 Å². The number of benzene rings is 1. The second-order valence-electron chi connectivity index (χ2n) is 6.90. The highest BCUT2D eigenvalue weighted by Gasteiger charge is 2.21. The van der Waals surface area contributed by atoms with Crippen LogP contribution in [-0.2, 0) is 11.2 Å². The topological polar surface area (TPSA) is 32.8 Å². The average Bonchev–Trinajstić information content (AvgIpc) is 2.65. The minimum atomic E-state index is 0.288. The maximum atomic E-state index is 12.0. The summed E-state index contributed by atoms with van der Waals surface area (Å²) in [6.45, 7) is 4.32. The highest BCUT2D eigenvalue weighted by molar-refractivity contribution is 7.98. The van der Waals surface area contributed by atoms with Crippen LogP contribution in [0.15, 0.2) is 24.3 Å². The smallest absolute Gasteiger partial charge is 0.223 e. The van der Waals surface area contributed by atoms with Crippen molar-refractivity contribution in [2.24, 2.45) is 5.92 Å². The number of hydrogen-bond acceptors (Lipinski definition) is 4. The van der Waals surface area contributed by atoms with Gasteiger partial charge in [-0.15, -0.1) is 0 Å². The van der Waals surface area contributed by atoms with Crippen LogP contribution in [0.4, 0.5) is 0 Å². The summed E-state index contributed by atoms with van der Waals surface area (Å²) in [7, 11) is 3.66. The third-order valence-electron chi connectivity index (χ3n) is 5.06. The highest BCUT2D eigenvalue weighted by atomic mass is 32.2. The van der Waals surface area contributed by atoms with E-state index in [1.165, 1.54) is 18.4 Å². The molecule has 0 atom stereocenters. The predicted molar refractivity (Wildman–Crippen MR) is 106 cm³/mol. The second-order valence-corrected chi connectivity index (χ2v) is 7.89. The van der Waals surface area contributed by atoms with Crippen molar-refractivity contribution in [3.05, 3.63) is 29.8 Å². The maximum absolute atomic E-state index is 12.0. The lowest BCUT2D eigenvalue weighted by molar-refractivity contribution is -0.130. The quantitative estimate of drug-likeness (QED) is 0.674. The summed E-state index contributed by atoms with van der Waals surface area (Å²) in [5, 5.41) is 0. The summed E-state index contributed by atoms with van der Waals surface area (Å²) in [5.41, 5.74) is 1.36. The molecule has 1 aliphatic rings. The fourth-order valence-electron chi connectivity index (χ4n) is 3.34. The molecule has 0 radical (unpaired) electrons. The Balaban J connectivity index is 1.66. The molecule has 0 unspecified atom stereocenters. The lowest BCUT2D eigenvalue weighted by Crippen LogP contribution is -2.40. The largest absolute Gasteiger partial charge is 0.497 e. The number of thioether (sulfide) groups is 1. The Morgan fingerprint density at radius 3 is 2.56 bits per heavy atom. The normalized spacial score (nSPS) is 16.0. The third kappa shape index (κ3) is 6.90. The molecule has 5 heteroatoms. The van der Waals surface area contributed by atoms with Gasteiger partial charge in [-0.25, -0.2) is 0 Å². The number of ether oxygens (including phenoxy) is 1. The molecule has 1 aliphatic heterocycles. The van der Waals surface area contributed by atoms with Gasteiger partial charge in [-0.2, -0.15) is 11.8 Å². The van der Waals surface area contributed by atoms with E-state index in [4.69, 9.17) is 4.74 Å². The zero-order valence-electron chi connectivity index (χ0n) is 15.9. The van der Waals surface area contributed by atoms with E-state index < -0.39 is 0 Å². The summed E-state index contributed by atoms with van der Waals surface area (Å²) in [4.78, 5) is 16.5. The molecule has 1 aromatic rings. The SMILES string of the molecule is COc1ccc(CCN2CCC(CN(C)C(=O)CCSC)CC2)cc1. The number of rotatable bonds is 9. The van der Waals surface area contributed by atoms with Crippen LogP contribution in [0.5, 0.6) is 5.75 Å². The molecular weight excluding hydrogens is 332 g/mol. The number of amides is 1. The van der Waals surface area contributed by atoms with Crippen molar-refractivity contribution >= 4 is 17.7 Å². The van der Waals surface area contributed by atoms with Gasteiger partial charge in [0.05, 0.1) is 7.11 Å². The fraction of sp³-hybridized carbons (Fsp3) is 0.650. The zero-order chi connectivity index (χ0) is 18.1. The molecule has 0 bridgehead atoms. The monoisotopic (exact) mass is 364 g/mol. The fourth-order valence-corrected chi connectivity index (χ4v) is 3.72. The van der Waals surface area contributed by atoms with Crippen LogP contribution >= 0.6 is 11.8 Å². The van der Waals surface area contributed by atoms with Crippen LogP contribution in [0.2, 0.25) is 0 Å². The average molecular weight is 365 g/mol.